The summed E-state index contributed by atoms with van der Waals surface area (Å²) >= 11 is 0. The van der Waals surface area contributed by atoms with Gasteiger partial charge in [-0.15, -0.1) is 0 Å². The van der Waals surface area contributed by atoms with Crippen molar-refractivity contribution in [2.75, 3.05) is 6.54 Å². The molecule has 0 saturated carbocycles. The van der Waals surface area contributed by atoms with Crippen LogP contribution in [-0.2, 0) is 4.79 Å². The normalized spacial score (nSPS) is 17.0. The van der Waals surface area contributed by atoms with E-state index in [-0.39, 0.29) is 23.7 Å². The molecule has 1 heterocycles. The molecule has 0 atom stereocenters. The van der Waals surface area contributed by atoms with Gasteiger partial charge in [0.25, 0.3) is 5.91 Å². The molecule has 14 heavy (non-hydrogen) atoms. The van der Waals surface area contributed by atoms with Crippen LogP contribution in [-0.4, -0.2) is 34.3 Å². The van der Waals surface area contributed by atoms with Crippen LogP contribution < -0.4 is 0 Å². The fourth-order valence-corrected chi connectivity index (χ4v) is 1.46. The summed E-state index contributed by atoms with van der Waals surface area (Å²) in [6, 6.07) is -0.409. The Morgan fingerprint density at radius 2 is 2.00 bits per heavy atom. The van der Waals surface area contributed by atoms with E-state index in [1.54, 1.807) is 13.8 Å². The zero-order chi connectivity index (χ0) is 10.9. The Labute approximate surface area is 83.5 Å². The van der Waals surface area contributed by atoms with Gasteiger partial charge in [0, 0.05) is 12.6 Å². The summed E-state index contributed by atoms with van der Waals surface area (Å²) in [4.78, 5) is 26.0. The minimum atomic E-state index is -0.304. The number of amides is 3. The van der Waals surface area contributed by atoms with Crippen molar-refractivity contribution in [2.45, 2.75) is 26.8 Å². The lowest BCUT2D eigenvalue weighted by atomic mass is 10.3. The topological polar surface area (TPSA) is 40.6 Å². The number of nitrogens with zero attached hydrogens (tertiary/aromatic N) is 2. The van der Waals surface area contributed by atoms with Gasteiger partial charge in [0.2, 0.25) is 0 Å². The summed E-state index contributed by atoms with van der Waals surface area (Å²) in [5, 5.41) is 0. The zero-order valence-corrected chi connectivity index (χ0v) is 8.70. The second-order valence-corrected chi connectivity index (χ2v) is 3.32. The minimum Gasteiger partial charge on any atom is -0.283 e. The van der Waals surface area contributed by atoms with E-state index in [1.165, 1.54) is 9.80 Å². The lowest BCUT2D eigenvalue weighted by molar-refractivity contribution is -0.124. The Morgan fingerprint density at radius 3 is 2.29 bits per heavy atom. The first-order chi connectivity index (χ1) is 6.54. The lowest BCUT2D eigenvalue weighted by Crippen LogP contribution is -2.37. The van der Waals surface area contributed by atoms with Crippen LogP contribution >= 0.6 is 0 Å². The molecule has 0 spiro atoms. The molecule has 1 aliphatic rings. The van der Waals surface area contributed by atoms with Crippen LogP contribution in [0.2, 0.25) is 0 Å². The number of urea groups is 1. The van der Waals surface area contributed by atoms with Crippen LogP contribution in [0.4, 0.5) is 4.79 Å². The minimum absolute atomic E-state index is 0.130. The number of likely N-dealkylation sites (N-methyl/N-ethyl adjacent to an activating group) is 1. The van der Waals surface area contributed by atoms with Gasteiger partial charge < -0.3 is 0 Å². The molecule has 1 aliphatic heterocycles. The second-order valence-electron chi connectivity index (χ2n) is 3.32. The molecule has 0 bridgehead atoms. The summed E-state index contributed by atoms with van der Waals surface area (Å²) < 4.78 is 0. The van der Waals surface area contributed by atoms with Crippen molar-refractivity contribution < 1.29 is 9.59 Å². The molecule has 76 valence electrons. The summed E-state index contributed by atoms with van der Waals surface area (Å²) in [6.07, 6.45) is 0. The van der Waals surface area contributed by atoms with Crippen molar-refractivity contribution in [3.63, 3.8) is 0 Å². The van der Waals surface area contributed by atoms with Crippen LogP contribution in [0.1, 0.15) is 20.8 Å². The molecular formula is C10H14N2O2. The zero-order valence-electron chi connectivity index (χ0n) is 8.70. The van der Waals surface area contributed by atoms with Gasteiger partial charge in [-0.3, -0.25) is 14.6 Å². The van der Waals surface area contributed by atoms with E-state index in [2.05, 4.69) is 12.3 Å². The highest BCUT2D eigenvalue weighted by Crippen LogP contribution is 2.21. The van der Waals surface area contributed by atoms with Gasteiger partial charge in [0.1, 0.15) is 0 Å². The van der Waals surface area contributed by atoms with Gasteiger partial charge in [-0.05, 0) is 20.8 Å². The SMILES string of the molecule is C=C=C1C(=O)N(C(C)C)C(=O)N1CC. The van der Waals surface area contributed by atoms with Gasteiger partial charge in [0.15, 0.2) is 5.70 Å². The fraction of sp³-hybridized carbons (Fsp3) is 0.500. The van der Waals surface area contributed by atoms with E-state index in [0.717, 1.165) is 0 Å². The Kier molecular flexibility index (Phi) is 2.77. The number of rotatable bonds is 2. The van der Waals surface area contributed by atoms with Gasteiger partial charge in [-0.2, -0.15) is 0 Å². The van der Waals surface area contributed by atoms with Crippen molar-refractivity contribution in [1.82, 2.24) is 9.80 Å². The van der Waals surface area contributed by atoms with E-state index < -0.39 is 0 Å². The maximum Gasteiger partial charge on any atom is 0.332 e. The van der Waals surface area contributed by atoms with Crippen LogP contribution in [0.5, 0.6) is 0 Å². The van der Waals surface area contributed by atoms with Crippen LogP contribution in [0.3, 0.4) is 0 Å². The third-order valence-electron chi connectivity index (χ3n) is 2.13. The highest BCUT2D eigenvalue weighted by Gasteiger charge is 2.41. The average molecular weight is 194 g/mol. The summed E-state index contributed by atoms with van der Waals surface area (Å²) in [5.41, 5.74) is 2.77. The Hall–Kier alpha value is -1.54. The highest BCUT2D eigenvalue weighted by molar-refractivity contribution is 6.11. The van der Waals surface area contributed by atoms with Crippen molar-refractivity contribution >= 4 is 11.9 Å². The Bertz CT molecular complexity index is 327. The van der Waals surface area contributed by atoms with E-state index in [9.17, 15) is 9.59 Å². The standard InChI is InChI=1S/C10H14N2O2/c1-5-8-9(13)12(7(3)4)10(14)11(8)6-2/h7H,1,6H2,2-4H3. The third kappa shape index (κ3) is 1.34. The first-order valence-electron chi connectivity index (χ1n) is 4.59. The number of hydrogen-bond acceptors (Lipinski definition) is 2. The van der Waals surface area contributed by atoms with E-state index in [0.29, 0.717) is 6.54 Å². The molecule has 1 rings (SSSR count). The van der Waals surface area contributed by atoms with Crippen molar-refractivity contribution in [3.05, 3.63) is 18.0 Å². The number of hydrogen-bond donors (Lipinski definition) is 0. The first-order valence-corrected chi connectivity index (χ1v) is 4.59. The summed E-state index contributed by atoms with van der Waals surface area (Å²) in [6.45, 7) is 9.29. The third-order valence-corrected chi connectivity index (χ3v) is 2.13. The smallest absolute Gasteiger partial charge is 0.283 e. The molecule has 0 N–H and O–H groups in total. The molecule has 1 saturated heterocycles. The quantitative estimate of drug-likeness (QED) is 0.378. The molecule has 0 aromatic carbocycles. The predicted molar refractivity (Wildman–Crippen MR) is 52.4 cm³/mol. The molecular weight excluding hydrogens is 180 g/mol. The maximum atomic E-state index is 11.7. The molecule has 1 fully saturated rings. The van der Waals surface area contributed by atoms with Crippen molar-refractivity contribution in [1.29, 1.82) is 0 Å². The molecule has 3 amide bonds. The van der Waals surface area contributed by atoms with Gasteiger partial charge >= 0.3 is 6.03 Å². The molecule has 0 aromatic heterocycles. The van der Waals surface area contributed by atoms with Crippen LogP contribution in [0.15, 0.2) is 18.0 Å². The van der Waals surface area contributed by atoms with Gasteiger partial charge in [0.05, 0.1) is 0 Å². The summed E-state index contributed by atoms with van der Waals surface area (Å²) in [7, 11) is 0. The molecule has 4 heteroatoms. The Morgan fingerprint density at radius 1 is 1.43 bits per heavy atom. The van der Waals surface area contributed by atoms with Crippen molar-refractivity contribution in [2.24, 2.45) is 0 Å². The highest BCUT2D eigenvalue weighted by atomic mass is 16.2. The second kappa shape index (κ2) is 3.68. The molecule has 0 unspecified atom stereocenters. The number of carbonyl (C=O) groups is 2. The van der Waals surface area contributed by atoms with Crippen LogP contribution in [0.25, 0.3) is 0 Å². The predicted octanol–water partition coefficient (Wildman–Crippen LogP) is 1.35. The van der Waals surface area contributed by atoms with Crippen molar-refractivity contribution in [3.8, 4) is 0 Å². The molecule has 4 nitrogen and oxygen atoms in total. The number of carbonyl (C=O) groups excluding carboxylic acids is 2. The first kappa shape index (κ1) is 10.5. The lowest BCUT2D eigenvalue weighted by Gasteiger charge is -2.17. The fourth-order valence-electron chi connectivity index (χ4n) is 1.46. The van der Waals surface area contributed by atoms with Crippen LogP contribution in [0, 0.1) is 0 Å². The van der Waals surface area contributed by atoms with E-state index in [4.69, 9.17) is 0 Å². The summed E-state index contributed by atoms with van der Waals surface area (Å²) in [5.74, 6) is -0.304. The molecule has 0 radical (unpaired) electrons. The Balaban J connectivity index is 3.14. The maximum absolute atomic E-state index is 11.7. The van der Waals surface area contributed by atoms with E-state index in [1.807, 2.05) is 6.92 Å². The van der Waals surface area contributed by atoms with Gasteiger partial charge in [-0.1, -0.05) is 12.3 Å². The van der Waals surface area contributed by atoms with E-state index >= 15 is 0 Å². The monoisotopic (exact) mass is 194 g/mol. The largest absolute Gasteiger partial charge is 0.332 e. The molecule has 0 aliphatic carbocycles. The average Bonchev–Trinajstić information content (AvgIpc) is 2.36. The molecule has 0 aromatic rings. The van der Waals surface area contributed by atoms with Gasteiger partial charge in [-0.25, -0.2) is 4.79 Å². The number of imide groups is 1.